The second kappa shape index (κ2) is 6.72. The number of fused-ring (bicyclic) bond motifs is 1. The van der Waals surface area contributed by atoms with Crippen molar-refractivity contribution in [3.8, 4) is 5.75 Å². The molecule has 2 nitrogen and oxygen atoms in total. The van der Waals surface area contributed by atoms with Crippen LogP contribution in [0, 0.1) is 6.92 Å². The van der Waals surface area contributed by atoms with E-state index in [0.29, 0.717) is 0 Å². The lowest BCUT2D eigenvalue weighted by Crippen LogP contribution is -2.27. The predicted molar refractivity (Wildman–Crippen MR) is 109 cm³/mol. The highest BCUT2D eigenvalue weighted by Gasteiger charge is 2.37. The normalized spacial score (nSPS) is 16.4. The molecule has 0 heterocycles. The Bertz CT molecular complexity index is 928. The zero-order valence-corrected chi connectivity index (χ0v) is 15.2. The molecule has 4 rings (SSSR count). The van der Waals surface area contributed by atoms with Gasteiger partial charge in [-0.2, -0.15) is 0 Å². The van der Waals surface area contributed by atoms with Crippen LogP contribution >= 0.6 is 0 Å². The van der Waals surface area contributed by atoms with Crippen molar-refractivity contribution in [2.75, 3.05) is 12.4 Å². The lowest BCUT2D eigenvalue weighted by atomic mass is 9.68. The second-order valence-electron chi connectivity index (χ2n) is 6.85. The number of nitrogens with one attached hydrogen (secondary N) is 1. The Morgan fingerprint density at radius 3 is 2.38 bits per heavy atom. The molecule has 0 aliphatic heterocycles. The number of rotatable bonds is 5. The molecule has 0 radical (unpaired) electrons. The molecule has 0 bridgehead atoms. The van der Waals surface area contributed by atoms with Gasteiger partial charge in [0.05, 0.1) is 13.2 Å². The molecule has 2 heteroatoms. The van der Waals surface area contributed by atoms with Gasteiger partial charge in [0.2, 0.25) is 0 Å². The van der Waals surface area contributed by atoms with Gasteiger partial charge < -0.3 is 10.1 Å². The van der Waals surface area contributed by atoms with E-state index in [0.717, 1.165) is 11.4 Å². The Balaban J connectivity index is 1.70. The lowest BCUT2D eigenvalue weighted by Gasteiger charge is -2.40. The first kappa shape index (κ1) is 16.5. The molecule has 26 heavy (non-hydrogen) atoms. The van der Waals surface area contributed by atoms with E-state index in [9.17, 15) is 0 Å². The maximum absolute atomic E-state index is 5.27. The fourth-order valence-electron chi connectivity index (χ4n) is 3.76. The highest BCUT2D eigenvalue weighted by atomic mass is 16.5. The number of aryl methyl sites for hydroxylation is 1. The maximum Gasteiger partial charge on any atom is 0.119 e. The summed E-state index contributed by atoms with van der Waals surface area (Å²) in [6.45, 7) is 6.51. The van der Waals surface area contributed by atoms with Gasteiger partial charge in [0.1, 0.15) is 5.75 Å². The summed E-state index contributed by atoms with van der Waals surface area (Å²) in [6, 6.07) is 25.5. The molecular formula is C24H23NO. The van der Waals surface area contributed by atoms with E-state index >= 15 is 0 Å². The van der Waals surface area contributed by atoms with Crippen LogP contribution in [-0.4, -0.2) is 7.11 Å². The van der Waals surface area contributed by atoms with Crippen LogP contribution < -0.4 is 10.1 Å². The van der Waals surface area contributed by atoms with Crippen LogP contribution in [0.1, 0.15) is 34.2 Å². The molecule has 3 aromatic rings. The summed E-state index contributed by atoms with van der Waals surface area (Å²) in [5, 5.41) is 3.72. The fourth-order valence-corrected chi connectivity index (χ4v) is 3.76. The molecule has 1 N–H and O–H groups in total. The van der Waals surface area contributed by atoms with E-state index < -0.39 is 0 Å². The van der Waals surface area contributed by atoms with Crippen LogP contribution in [0.5, 0.6) is 5.75 Å². The third-order valence-corrected chi connectivity index (χ3v) is 5.17. The van der Waals surface area contributed by atoms with Crippen molar-refractivity contribution in [2.45, 2.75) is 18.9 Å². The first-order valence-corrected chi connectivity index (χ1v) is 8.92. The van der Waals surface area contributed by atoms with Gasteiger partial charge in [-0.25, -0.2) is 0 Å². The molecule has 0 unspecified atom stereocenters. The Labute approximate surface area is 155 Å². The lowest BCUT2D eigenvalue weighted by molar-refractivity contribution is 0.415. The van der Waals surface area contributed by atoms with Gasteiger partial charge in [-0.15, -0.1) is 0 Å². The fraction of sp³-hybridized carbons (Fsp3) is 0.167. The number of hydrogen-bond donors (Lipinski definition) is 1. The van der Waals surface area contributed by atoms with Crippen molar-refractivity contribution in [1.82, 2.24) is 0 Å². The largest absolute Gasteiger partial charge is 0.497 e. The molecule has 2 atom stereocenters. The van der Waals surface area contributed by atoms with Crippen molar-refractivity contribution in [3.05, 3.63) is 102 Å². The summed E-state index contributed by atoms with van der Waals surface area (Å²) in [4.78, 5) is 0. The van der Waals surface area contributed by atoms with Crippen LogP contribution in [-0.2, 0) is 0 Å². The molecule has 1 aliphatic rings. The minimum absolute atomic E-state index is 0.146. The SMILES string of the molecule is C=C1c2cc(C)ccc2[C@H]1[C@H](Nc1ccc(OC)cc1)c1ccccc1. The molecule has 0 saturated carbocycles. The number of ether oxygens (including phenoxy) is 1. The third kappa shape index (κ3) is 2.88. The van der Waals surface area contributed by atoms with Gasteiger partial charge >= 0.3 is 0 Å². The molecule has 0 fully saturated rings. The highest BCUT2D eigenvalue weighted by Crippen LogP contribution is 2.52. The minimum atomic E-state index is 0.146. The summed E-state index contributed by atoms with van der Waals surface area (Å²) < 4.78 is 5.27. The molecule has 0 aromatic heterocycles. The van der Waals surface area contributed by atoms with Crippen molar-refractivity contribution < 1.29 is 4.74 Å². The number of anilines is 1. The third-order valence-electron chi connectivity index (χ3n) is 5.17. The maximum atomic E-state index is 5.27. The van der Waals surface area contributed by atoms with E-state index in [1.54, 1.807) is 7.11 Å². The monoisotopic (exact) mass is 341 g/mol. The predicted octanol–water partition coefficient (Wildman–Crippen LogP) is 5.97. The van der Waals surface area contributed by atoms with Crippen molar-refractivity contribution in [1.29, 1.82) is 0 Å². The van der Waals surface area contributed by atoms with Gasteiger partial charge in [0.25, 0.3) is 0 Å². The van der Waals surface area contributed by atoms with Crippen molar-refractivity contribution in [2.24, 2.45) is 0 Å². The van der Waals surface area contributed by atoms with Crippen LogP contribution in [0.15, 0.2) is 79.4 Å². The summed E-state index contributed by atoms with van der Waals surface area (Å²) in [7, 11) is 1.69. The molecule has 130 valence electrons. The average molecular weight is 341 g/mol. The van der Waals surface area contributed by atoms with Crippen LogP contribution in [0.4, 0.5) is 5.69 Å². The van der Waals surface area contributed by atoms with Gasteiger partial charge in [0, 0.05) is 11.6 Å². The van der Waals surface area contributed by atoms with Crippen LogP contribution in [0.2, 0.25) is 0 Å². The standard InChI is InChI=1S/C24H23NO/c1-16-9-14-21-22(15-16)17(2)23(21)24(18-7-5-4-6-8-18)25-19-10-12-20(26-3)13-11-19/h4-15,23-25H,2H2,1,3H3/t23-,24+/m0/s1. The molecule has 1 aliphatic carbocycles. The second-order valence-corrected chi connectivity index (χ2v) is 6.85. The van der Waals surface area contributed by atoms with Crippen LogP contribution in [0.3, 0.4) is 0 Å². The smallest absolute Gasteiger partial charge is 0.119 e. The Kier molecular flexibility index (Phi) is 4.26. The van der Waals surface area contributed by atoms with Crippen LogP contribution in [0.25, 0.3) is 5.57 Å². The zero-order chi connectivity index (χ0) is 18.1. The Hall–Kier alpha value is -3.00. The van der Waals surface area contributed by atoms with Crippen molar-refractivity contribution in [3.63, 3.8) is 0 Å². The zero-order valence-electron chi connectivity index (χ0n) is 15.2. The van der Waals surface area contributed by atoms with E-state index in [2.05, 4.69) is 79.5 Å². The topological polar surface area (TPSA) is 21.3 Å². The van der Waals surface area contributed by atoms with E-state index in [-0.39, 0.29) is 12.0 Å². The minimum Gasteiger partial charge on any atom is -0.497 e. The van der Waals surface area contributed by atoms with E-state index in [1.165, 1.54) is 27.8 Å². The van der Waals surface area contributed by atoms with Gasteiger partial charge in [-0.1, -0.05) is 60.7 Å². The number of methoxy groups -OCH3 is 1. The molecule has 3 aromatic carbocycles. The molecule has 0 spiro atoms. The summed E-state index contributed by atoms with van der Waals surface area (Å²) >= 11 is 0. The van der Waals surface area contributed by atoms with Gasteiger partial charge in [-0.3, -0.25) is 0 Å². The van der Waals surface area contributed by atoms with Crippen molar-refractivity contribution >= 4 is 11.3 Å². The Morgan fingerprint density at radius 2 is 1.69 bits per heavy atom. The van der Waals surface area contributed by atoms with E-state index in [1.807, 2.05) is 12.1 Å². The molecule has 0 amide bonds. The average Bonchev–Trinajstić information content (AvgIpc) is 2.69. The summed E-state index contributed by atoms with van der Waals surface area (Å²) in [5.74, 6) is 1.13. The first-order valence-electron chi connectivity index (χ1n) is 8.92. The number of hydrogen-bond acceptors (Lipinski definition) is 2. The van der Waals surface area contributed by atoms with Gasteiger partial charge in [0.15, 0.2) is 0 Å². The molecule has 0 saturated heterocycles. The first-order chi connectivity index (χ1) is 12.7. The van der Waals surface area contributed by atoms with Gasteiger partial charge in [-0.05, 0) is 53.5 Å². The summed E-state index contributed by atoms with van der Waals surface area (Å²) in [6.07, 6.45) is 0. The number of benzene rings is 3. The summed E-state index contributed by atoms with van der Waals surface area (Å²) in [5.41, 5.74) is 7.50. The van der Waals surface area contributed by atoms with E-state index in [4.69, 9.17) is 4.74 Å². The highest BCUT2D eigenvalue weighted by molar-refractivity contribution is 5.84. The quantitative estimate of drug-likeness (QED) is 0.617. The Morgan fingerprint density at radius 1 is 0.962 bits per heavy atom. The molecular weight excluding hydrogens is 318 g/mol.